The predicted octanol–water partition coefficient (Wildman–Crippen LogP) is 1.86. The van der Waals surface area contributed by atoms with Gasteiger partial charge in [0.1, 0.15) is 6.54 Å². The average Bonchev–Trinajstić information content (AvgIpc) is 3.24. The Morgan fingerprint density at radius 3 is 2.49 bits per heavy atom. The van der Waals surface area contributed by atoms with Crippen molar-refractivity contribution in [3.63, 3.8) is 0 Å². The number of aryl methyl sites for hydroxylation is 1. The number of anilines is 1. The SMILES string of the molecule is CCOC(=O)Cn1c(=O)c2c(nc(N/N=C/c3ccc([N+](=O)[O-])cc3)n2Cc2ccccc2)n(C)c1=O. The topological polar surface area (TPSA) is 156 Å². The number of carbonyl (C=O) groups excluding carboxylic acids is 1. The molecule has 0 radical (unpaired) electrons. The van der Waals surface area contributed by atoms with Crippen LogP contribution in [0, 0.1) is 10.1 Å². The third kappa shape index (κ3) is 5.29. The van der Waals surface area contributed by atoms with Crippen molar-refractivity contribution >= 4 is 35.0 Å². The van der Waals surface area contributed by atoms with Crippen LogP contribution in [0.1, 0.15) is 18.1 Å². The number of nitro groups is 1. The van der Waals surface area contributed by atoms with E-state index in [0.717, 1.165) is 10.1 Å². The van der Waals surface area contributed by atoms with E-state index in [-0.39, 0.29) is 36.0 Å². The highest BCUT2D eigenvalue weighted by molar-refractivity contribution is 5.81. The van der Waals surface area contributed by atoms with Gasteiger partial charge >= 0.3 is 11.7 Å². The number of esters is 1. The second-order valence-corrected chi connectivity index (χ2v) is 7.94. The Labute approximate surface area is 209 Å². The average molecular weight is 505 g/mol. The molecular formula is C24H23N7O6. The van der Waals surface area contributed by atoms with Gasteiger partial charge in [-0.25, -0.2) is 14.8 Å². The Morgan fingerprint density at radius 1 is 1.14 bits per heavy atom. The lowest BCUT2D eigenvalue weighted by Gasteiger charge is -2.10. The van der Waals surface area contributed by atoms with Gasteiger partial charge in [-0.05, 0) is 30.2 Å². The van der Waals surface area contributed by atoms with E-state index in [1.165, 1.54) is 42.1 Å². The van der Waals surface area contributed by atoms with Crippen LogP contribution in [-0.4, -0.2) is 42.4 Å². The van der Waals surface area contributed by atoms with Crippen LogP contribution >= 0.6 is 0 Å². The molecule has 0 aliphatic heterocycles. The molecule has 0 amide bonds. The van der Waals surface area contributed by atoms with Gasteiger partial charge in [-0.2, -0.15) is 10.1 Å². The van der Waals surface area contributed by atoms with Gasteiger partial charge in [-0.1, -0.05) is 30.3 Å². The van der Waals surface area contributed by atoms with E-state index >= 15 is 0 Å². The number of hydrogen-bond acceptors (Lipinski definition) is 9. The maximum Gasteiger partial charge on any atom is 0.333 e. The van der Waals surface area contributed by atoms with Gasteiger partial charge in [0, 0.05) is 19.2 Å². The first-order chi connectivity index (χ1) is 17.8. The normalized spacial score (nSPS) is 11.2. The molecule has 4 rings (SSSR count). The Kier molecular flexibility index (Phi) is 7.23. The number of nitrogens with zero attached hydrogens (tertiary/aromatic N) is 6. The van der Waals surface area contributed by atoms with Gasteiger partial charge in [0.15, 0.2) is 11.2 Å². The second-order valence-electron chi connectivity index (χ2n) is 7.94. The number of hydrogen-bond donors (Lipinski definition) is 1. The van der Waals surface area contributed by atoms with Crippen molar-refractivity contribution in [1.29, 1.82) is 0 Å². The largest absolute Gasteiger partial charge is 0.465 e. The highest BCUT2D eigenvalue weighted by atomic mass is 16.6. The second kappa shape index (κ2) is 10.7. The zero-order valence-electron chi connectivity index (χ0n) is 20.0. The van der Waals surface area contributed by atoms with Crippen LogP contribution in [0.4, 0.5) is 11.6 Å². The van der Waals surface area contributed by atoms with Crippen LogP contribution in [0.15, 0.2) is 69.3 Å². The molecule has 0 spiro atoms. The van der Waals surface area contributed by atoms with Crippen LogP contribution in [-0.2, 0) is 29.7 Å². The number of ether oxygens (including phenoxy) is 1. The van der Waals surface area contributed by atoms with E-state index in [0.29, 0.717) is 5.56 Å². The molecule has 37 heavy (non-hydrogen) atoms. The van der Waals surface area contributed by atoms with Crippen molar-refractivity contribution in [1.82, 2.24) is 18.7 Å². The van der Waals surface area contributed by atoms with E-state index in [4.69, 9.17) is 4.74 Å². The number of nitrogens with one attached hydrogen (secondary N) is 1. The quantitative estimate of drug-likeness (QED) is 0.156. The molecule has 2 aromatic heterocycles. The molecule has 0 fully saturated rings. The van der Waals surface area contributed by atoms with E-state index in [1.807, 2.05) is 30.3 Å². The van der Waals surface area contributed by atoms with Crippen LogP contribution in [0.25, 0.3) is 11.2 Å². The van der Waals surface area contributed by atoms with E-state index in [9.17, 15) is 24.5 Å². The summed E-state index contributed by atoms with van der Waals surface area (Å²) in [6.07, 6.45) is 1.44. The Hall–Kier alpha value is -5.07. The smallest absolute Gasteiger partial charge is 0.333 e. The predicted molar refractivity (Wildman–Crippen MR) is 136 cm³/mol. The molecule has 13 heteroatoms. The van der Waals surface area contributed by atoms with E-state index < -0.39 is 28.7 Å². The van der Waals surface area contributed by atoms with Crippen molar-refractivity contribution in [2.75, 3.05) is 12.0 Å². The fourth-order valence-electron chi connectivity index (χ4n) is 3.70. The number of hydrazone groups is 1. The number of imidazole rings is 1. The van der Waals surface area contributed by atoms with Crippen molar-refractivity contribution in [3.8, 4) is 0 Å². The lowest BCUT2D eigenvalue weighted by Crippen LogP contribution is -2.41. The lowest BCUT2D eigenvalue weighted by atomic mass is 10.2. The number of rotatable bonds is 9. The van der Waals surface area contributed by atoms with Gasteiger partial charge in [0.05, 0.1) is 24.3 Å². The van der Waals surface area contributed by atoms with Crippen LogP contribution in [0.5, 0.6) is 0 Å². The molecule has 2 aromatic carbocycles. The Balaban J connectivity index is 1.79. The molecule has 0 saturated carbocycles. The van der Waals surface area contributed by atoms with E-state index in [2.05, 4.69) is 15.5 Å². The first-order valence-corrected chi connectivity index (χ1v) is 11.2. The lowest BCUT2D eigenvalue weighted by molar-refractivity contribution is -0.384. The van der Waals surface area contributed by atoms with Crippen molar-refractivity contribution in [3.05, 3.63) is 96.7 Å². The summed E-state index contributed by atoms with van der Waals surface area (Å²) in [6, 6.07) is 15.1. The standard InChI is InChI=1S/C24H23N7O6/c1-3-37-19(32)15-30-22(33)20-21(28(2)24(30)34)26-23(29(20)14-17-7-5-4-6-8-17)27-25-13-16-9-11-18(12-10-16)31(35)36/h4-13H,3,14-15H2,1-2H3,(H,26,27)/b25-13+. The molecule has 4 aromatic rings. The number of nitro benzene ring substituents is 1. The van der Waals surface area contributed by atoms with Crippen molar-refractivity contribution in [2.45, 2.75) is 20.0 Å². The molecule has 0 aliphatic rings. The zero-order valence-corrected chi connectivity index (χ0v) is 20.0. The maximum absolute atomic E-state index is 13.4. The van der Waals surface area contributed by atoms with Gasteiger partial charge < -0.3 is 4.74 Å². The Morgan fingerprint density at radius 2 is 1.84 bits per heavy atom. The minimum absolute atomic E-state index is 0.0465. The third-order valence-electron chi connectivity index (χ3n) is 5.49. The molecule has 0 atom stereocenters. The molecular weight excluding hydrogens is 482 g/mol. The minimum Gasteiger partial charge on any atom is -0.465 e. The summed E-state index contributed by atoms with van der Waals surface area (Å²) >= 11 is 0. The van der Waals surface area contributed by atoms with Gasteiger partial charge in [0.2, 0.25) is 5.95 Å². The fourth-order valence-corrected chi connectivity index (χ4v) is 3.70. The van der Waals surface area contributed by atoms with Gasteiger partial charge in [-0.3, -0.25) is 28.8 Å². The number of non-ortho nitro benzene ring substituents is 1. The molecule has 190 valence electrons. The molecule has 0 aliphatic carbocycles. The molecule has 0 bridgehead atoms. The summed E-state index contributed by atoms with van der Waals surface area (Å²) < 4.78 is 8.48. The van der Waals surface area contributed by atoms with E-state index in [1.54, 1.807) is 11.5 Å². The monoisotopic (exact) mass is 505 g/mol. The summed E-state index contributed by atoms with van der Waals surface area (Å²) in [7, 11) is 1.45. The van der Waals surface area contributed by atoms with Crippen molar-refractivity contribution < 1.29 is 14.5 Å². The zero-order chi connectivity index (χ0) is 26.5. The minimum atomic E-state index is -0.712. The summed E-state index contributed by atoms with van der Waals surface area (Å²) in [5.41, 5.74) is 3.00. The first kappa shape index (κ1) is 25.0. The summed E-state index contributed by atoms with van der Waals surface area (Å²) in [5.74, 6) is -0.528. The summed E-state index contributed by atoms with van der Waals surface area (Å²) in [4.78, 5) is 53.1. The third-order valence-corrected chi connectivity index (χ3v) is 5.49. The van der Waals surface area contributed by atoms with Gasteiger partial charge in [0.25, 0.3) is 11.2 Å². The van der Waals surface area contributed by atoms with Crippen LogP contribution in [0.2, 0.25) is 0 Å². The Bertz CT molecular complexity index is 1600. The maximum atomic E-state index is 13.4. The van der Waals surface area contributed by atoms with Gasteiger partial charge in [-0.15, -0.1) is 0 Å². The fraction of sp³-hybridized carbons (Fsp3) is 0.208. The number of benzene rings is 2. The first-order valence-electron chi connectivity index (χ1n) is 11.2. The number of aromatic nitrogens is 4. The summed E-state index contributed by atoms with van der Waals surface area (Å²) in [5, 5.41) is 15.0. The molecule has 0 saturated heterocycles. The molecule has 2 heterocycles. The van der Waals surface area contributed by atoms with Crippen LogP contribution in [0.3, 0.4) is 0 Å². The highest BCUT2D eigenvalue weighted by Gasteiger charge is 2.22. The molecule has 1 N–H and O–H groups in total. The summed E-state index contributed by atoms with van der Waals surface area (Å²) in [6.45, 7) is 1.43. The highest BCUT2D eigenvalue weighted by Crippen LogP contribution is 2.18. The number of fused-ring (bicyclic) bond motifs is 1. The number of carbonyl (C=O) groups is 1. The van der Waals surface area contributed by atoms with Crippen molar-refractivity contribution in [2.24, 2.45) is 12.1 Å². The molecule has 0 unspecified atom stereocenters. The van der Waals surface area contributed by atoms with Crippen LogP contribution < -0.4 is 16.7 Å². The molecule has 13 nitrogen and oxygen atoms in total.